The van der Waals surface area contributed by atoms with E-state index >= 15 is 0 Å². The molecule has 0 saturated carbocycles. The highest BCUT2D eigenvalue weighted by atomic mass is 32.1. The van der Waals surface area contributed by atoms with Crippen LogP contribution in [-0.2, 0) is 0 Å². The van der Waals surface area contributed by atoms with Crippen LogP contribution in [0.1, 0.15) is 40.2 Å². The summed E-state index contributed by atoms with van der Waals surface area (Å²) in [6.07, 6.45) is 1.58. The number of aryl methyl sites for hydroxylation is 1. The molecule has 0 bridgehead atoms. The molecule has 0 spiro atoms. The van der Waals surface area contributed by atoms with Crippen LogP contribution < -0.4 is 14.9 Å². The minimum absolute atomic E-state index is 0.211. The summed E-state index contributed by atoms with van der Waals surface area (Å²) in [5, 5.41) is 5.89. The predicted molar refractivity (Wildman–Crippen MR) is 97.6 cm³/mol. The van der Waals surface area contributed by atoms with E-state index in [-0.39, 0.29) is 5.91 Å². The summed E-state index contributed by atoms with van der Waals surface area (Å²) in [6.45, 7) is 8.90. The van der Waals surface area contributed by atoms with Gasteiger partial charge in [0.05, 0.1) is 25.0 Å². The Morgan fingerprint density at radius 2 is 2.00 bits per heavy atom. The van der Waals surface area contributed by atoms with Gasteiger partial charge in [-0.3, -0.25) is 4.79 Å². The van der Waals surface area contributed by atoms with Crippen LogP contribution in [0.25, 0.3) is 0 Å². The van der Waals surface area contributed by atoms with Crippen molar-refractivity contribution in [2.75, 3.05) is 13.2 Å². The molecule has 6 heteroatoms. The molecule has 24 heavy (non-hydrogen) atoms. The number of hydrazone groups is 1. The normalized spacial score (nSPS) is 10.8. The van der Waals surface area contributed by atoms with E-state index < -0.39 is 0 Å². The van der Waals surface area contributed by atoms with Crippen LogP contribution in [0.15, 0.2) is 28.7 Å². The molecule has 2 aromatic rings. The van der Waals surface area contributed by atoms with Crippen LogP contribution >= 0.6 is 11.3 Å². The van der Waals surface area contributed by atoms with Crippen molar-refractivity contribution in [2.24, 2.45) is 5.10 Å². The molecule has 1 heterocycles. The molecule has 5 nitrogen and oxygen atoms in total. The van der Waals surface area contributed by atoms with E-state index in [0.29, 0.717) is 24.5 Å². The van der Waals surface area contributed by atoms with Crippen molar-refractivity contribution in [2.45, 2.75) is 27.7 Å². The van der Waals surface area contributed by atoms with Gasteiger partial charge in [0.2, 0.25) is 0 Å². The van der Waals surface area contributed by atoms with E-state index in [1.807, 2.05) is 51.3 Å². The first-order valence-corrected chi connectivity index (χ1v) is 8.72. The van der Waals surface area contributed by atoms with Crippen LogP contribution in [0.2, 0.25) is 0 Å². The Kier molecular flexibility index (Phi) is 6.37. The van der Waals surface area contributed by atoms with Crippen molar-refractivity contribution >= 4 is 23.5 Å². The number of amides is 1. The van der Waals surface area contributed by atoms with Crippen LogP contribution in [0.3, 0.4) is 0 Å². The minimum Gasteiger partial charge on any atom is -0.494 e. The van der Waals surface area contributed by atoms with Gasteiger partial charge in [-0.05, 0) is 45.4 Å². The Bertz CT molecular complexity index is 738. The molecule has 1 amide bonds. The van der Waals surface area contributed by atoms with Crippen molar-refractivity contribution in [3.8, 4) is 11.5 Å². The molecule has 1 aromatic carbocycles. The van der Waals surface area contributed by atoms with Gasteiger partial charge in [-0.1, -0.05) is 0 Å². The molecular formula is C18H22N2O3S. The fraction of sp³-hybridized carbons (Fsp3) is 0.333. The second kappa shape index (κ2) is 8.49. The molecule has 0 unspecified atom stereocenters. The number of benzene rings is 1. The molecule has 0 radical (unpaired) electrons. The van der Waals surface area contributed by atoms with Gasteiger partial charge in [0.15, 0.2) is 0 Å². The second-order valence-corrected chi connectivity index (χ2v) is 6.18. The highest BCUT2D eigenvalue weighted by Crippen LogP contribution is 2.24. The summed E-state index contributed by atoms with van der Waals surface area (Å²) in [4.78, 5) is 13.3. The van der Waals surface area contributed by atoms with Gasteiger partial charge in [0.1, 0.15) is 11.5 Å². The number of rotatable bonds is 7. The molecule has 1 N–H and O–H groups in total. The van der Waals surface area contributed by atoms with Crippen LogP contribution in [0.4, 0.5) is 0 Å². The molecule has 0 saturated heterocycles. The van der Waals surface area contributed by atoms with Gasteiger partial charge in [-0.2, -0.15) is 5.10 Å². The first kappa shape index (κ1) is 18.0. The standard InChI is InChI=1S/C18H22N2O3S/c1-5-22-15-8-7-14(17(9-15)23-6-2)10-19-20-18(21)16-11-24-13(4)12(16)3/h7-11H,5-6H2,1-4H3,(H,20,21)/b19-10-. The second-order valence-electron chi connectivity index (χ2n) is 5.10. The van der Waals surface area contributed by atoms with Crippen molar-refractivity contribution < 1.29 is 14.3 Å². The van der Waals surface area contributed by atoms with E-state index in [1.54, 1.807) is 17.6 Å². The summed E-state index contributed by atoms with van der Waals surface area (Å²) in [7, 11) is 0. The number of hydrogen-bond donors (Lipinski definition) is 1. The quantitative estimate of drug-likeness (QED) is 0.610. The maximum atomic E-state index is 12.1. The summed E-state index contributed by atoms with van der Waals surface area (Å²) in [6, 6.07) is 5.52. The number of thiophene rings is 1. The summed E-state index contributed by atoms with van der Waals surface area (Å²) < 4.78 is 11.1. The Morgan fingerprint density at radius 3 is 2.62 bits per heavy atom. The molecule has 0 aliphatic rings. The summed E-state index contributed by atoms with van der Waals surface area (Å²) in [5.74, 6) is 1.20. The van der Waals surface area contributed by atoms with Crippen molar-refractivity contribution in [3.05, 3.63) is 45.1 Å². The summed E-state index contributed by atoms with van der Waals surface area (Å²) >= 11 is 1.56. The molecule has 0 fully saturated rings. The van der Waals surface area contributed by atoms with Gasteiger partial charge in [0, 0.05) is 21.9 Å². The fourth-order valence-electron chi connectivity index (χ4n) is 2.12. The van der Waals surface area contributed by atoms with Gasteiger partial charge in [0.25, 0.3) is 5.91 Å². The molecule has 128 valence electrons. The number of hydrogen-bond acceptors (Lipinski definition) is 5. The van der Waals surface area contributed by atoms with Crippen LogP contribution in [0.5, 0.6) is 11.5 Å². The number of carbonyl (C=O) groups is 1. The largest absolute Gasteiger partial charge is 0.494 e. The zero-order valence-corrected chi connectivity index (χ0v) is 15.2. The number of carbonyl (C=O) groups excluding carboxylic acids is 1. The van der Waals surface area contributed by atoms with Gasteiger partial charge in [-0.25, -0.2) is 5.43 Å². The molecule has 2 rings (SSSR count). The molecule has 0 aliphatic heterocycles. The van der Waals surface area contributed by atoms with Gasteiger partial charge < -0.3 is 9.47 Å². The van der Waals surface area contributed by atoms with Crippen molar-refractivity contribution in [1.29, 1.82) is 0 Å². The first-order chi connectivity index (χ1) is 11.6. The average molecular weight is 346 g/mol. The highest BCUT2D eigenvalue weighted by molar-refractivity contribution is 7.10. The number of nitrogens with zero attached hydrogens (tertiary/aromatic N) is 1. The van der Waals surface area contributed by atoms with E-state index in [2.05, 4.69) is 10.5 Å². The Hall–Kier alpha value is -2.34. The molecular weight excluding hydrogens is 324 g/mol. The summed E-state index contributed by atoms with van der Waals surface area (Å²) in [5.41, 5.74) is 4.99. The van der Waals surface area contributed by atoms with E-state index in [1.165, 1.54) is 0 Å². The fourth-order valence-corrected chi connectivity index (χ4v) is 2.98. The Balaban J connectivity index is 2.10. The van der Waals surface area contributed by atoms with E-state index in [0.717, 1.165) is 21.8 Å². The van der Waals surface area contributed by atoms with Crippen molar-refractivity contribution in [1.82, 2.24) is 5.43 Å². The SMILES string of the molecule is CCOc1ccc(/C=N\NC(=O)c2csc(C)c2C)c(OCC)c1. The smallest absolute Gasteiger partial charge is 0.272 e. The Labute approximate surface area is 146 Å². The van der Waals surface area contributed by atoms with Crippen LogP contribution in [-0.4, -0.2) is 25.3 Å². The Morgan fingerprint density at radius 1 is 1.25 bits per heavy atom. The predicted octanol–water partition coefficient (Wildman–Crippen LogP) is 3.93. The first-order valence-electron chi connectivity index (χ1n) is 7.84. The highest BCUT2D eigenvalue weighted by Gasteiger charge is 2.11. The third-order valence-corrected chi connectivity index (χ3v) is 4.51. The van der Waals surface area contributed by atoms with E-state index in [9.17, 15) is 4.79 Å². The maximum Gasteiger partial charge on any atom is 0.272 e. The number of nitrogens with one attached hydrogen (secondary N) is 1. The van der Waals surface area contributed by atoms with Gasteiger partial charge >= 0.3 is 0 Å². The third-order valence-electron chi connectivity index (χ3n) is 3.50. The monoisotopic (exact) mass is 346 g/mol. The van der Waals surface area contributed by atoms with Crippen LogP contribution in [0, 0.1) is 13.8 Å². The lowest BCUT2D eigenvalue weighted by Crippen LogP contribution is -2.18. The molecule has 1 aromatic heterocycles. The van der Waals surface area contributed by atoms with E-state index in [4.69, 9.17) is 9.47 Å². The van der Waals surface area contributed by atoms with Crippen molar-refractivity contribution in [3.63, 3.8) is 0 Å². The lowest BCUT2D eigenvalue weighted by Gasteiger charge is -2.10. The molecule has 0 aliphatic carbocycles. The lowest BCUT2D eigenvalue weighted by molar-refractivity contribution is 0.0955. The zero-order valence-electron chi connectivity index (χ0n) is 14.4. The molecule has 0 atom stereocenters. The minimum atomic E-state index is -0.211. The topological polar surface area (TPSA) is 59.9 Å². The third kappa shape index (κ3) is 4.35. The maximum absolute atomic E-state index is 12.1. The zero-order chi connectivity index (χ0) is 17.5. The number of ether oxygens (including phenoxy) is 2. The average Bonchev–Trinajstić information content (AvgIpc) is 2.89. The lowest BCUT2D eigenvalue weighted by atomic mass is 10.2. The van der Waals surface area contributed by atoms with Gasteiger partial charge in [-0.15, -0.1) is 11.3 Å².